The molecule has 9 heteroatoms. The van der Waals surface area contributed by atoms with Gasteiger partial charge in [0.15, 0.2) is 5.82 Å². The molecule has 1 aromatic carbocycles. The molecule has 23 heavy (non-hydrogen) atoms. The number of benzene rings is 1. The van der Waals surface area contributed by atoms with E-state index in [0.29, 0.717) is 35.0 Å². The number of imidazole rings is 1. The molecule has 7 nitrogen and oxygen atoms in total. The van der Waals surface area contributed by atoms with Crippen LogP contribution in [0.1, 0.15) is 5.56 Å². The van der Waals surface area contributed by atoms with Crippen molar-refractivity contribution in [1.82, 2.24) is 14.6 Å². The second-order valence-corrected chi connectivity index (χ2v) is 5.15. The van der Waals surface area contributed by atoms with Crippen LogP contribution in [0.3, 0.4) is 0 Å². The van der Waals surface area contributed by atoms with Crippen molar-refractivity contribution in [2.24, 2.45) is 0 Å². The van der Waals surface area contributed by atoms with Gasteiger partial charge in [0.2, 0.25) is 5.65 Å². The number of halogens is 2. The lowest BCUT2D eigenvalue weighted by molar-refractivity contribution is -0.391. The van der Waals surface area contributed by atoms with Crippen molar-refractivity contribution in [2.75, 3.05) is 11.9 Å². The zero-order valence-electron chi connectivity index (χ0n) is 11.7. The van der Waals surface area contributed by atoms with E-state index in [4.69, 9.17) is 11.6 Å². The van der Waals surface area contributed by atoms with Gasteiger partial charge in [-0.1, -0.05) is 27.3 Å². The van der Waals surface area contributed by atoms with Crippen LogP contribution < -0.4 is 5.32 Å². The van der Waals surface area contributed by atoms with E-state index >= 15 is 0 Å². The Morgan fingerprint density at radius 3 is 2.91 bits per heavy atom. The molecule has 0 unspecified atom stereocenters. The SMILES string of the molecule is O=[N+]([O-])c1cnc2ccc(NCCc3c(F)cccc3Cl)nn12. The standard InChI is InChI=1S/C14H11ClFN5O2/c15-10-2-1-3-11(16)9(10)6-7-17-12-4-5-13-18-8-14(21(22)23)20(13)19-12/h1-5,8H,6-7H2,(H,17,19). The number of hydrogen-bond donors (Lipinski definition) is 1. The Morgan fingerprint density at radius 1 is 1.35 bits per heavy atom. The molecule has 118 valence electrons. The summed E-state index contributed by atoms with van der Waals surface area (Å²) in [4.78, 5) is 14.2. The molecule has 0 saturated heterocycles. The van der Waals surface area contributed by atoms with Gasteiger partial charge in [0.25, 0.3) is 0 Å². The fourth-order valence-electron chi connectivity index (χ4n) is 2.17. The summed E-state index contributed by atoms with van der Waals surface area (Å²) in [6, 6.07) is 7.77. The first-order valence-electron chi connectivity index (χ1n) is 6.72. The third-order valence-corrected chi connectivity index (χ3v) is 3.63. The molecule has 0 aliphatic carbocycles. The lowest BCUT2D eigenvalue weighted by Gasteiger charge is -2.07. The first-order chi connectivity index (χ1) is 11.1. The minimum absolute atomic E-state index is 0.221. The van der Waals surface area contributed by atoms with Crippen molar-refractivity contribution in [1.29, 1.82) is 0 Å². The molecule has 0 bridgehead atoms. The van der Waals surface area contributed by atoms with Crippen LogP contribution in [0.4, 0.5) is 16.0 Å². The van der Waals surface area contributed by atoms with Crippen molar-refractivity contribution in [3.05, 3.63) is 63.0 Å². The average Bonchev–Trinajstić information content (AvgIpc) is 2.93. The summed E-state index contributed by atoms with van der Waals surface area (Å²) in [7, 11) is 0. The third kappa shape index (κ3) is 3.07. The highest BCUT2D eigenvalue weighted by Crippen LogP contribution is 2.20. The van der Waals surface area contributed by atoms with E-state index in [9.17, 15) is 14.5 Å². The lowest BCUT2D eigenvalue weighted by Crippen LogP contribution is -2.09. The van der Waals surface area contributed by atoms with Crippen LogP contribution in [0.2, 0.25) is 5.02 Å². The van der Waals surface area contributed by atoms with E-state index in [1.165, 1.54) is 6.07 Å². The Kier molecular flexibility index (Phi) is 4.07. The molecule has 0 aliphatic heterocycles. The average molecular weight is 336 g/mol. The molecular formula is C14H11ClFN5O2. The minimum Gasteiger partial charge on any atom is -0.367 e. The zero-order valence-corrected chi connectivity index (χ0v) is 12.5. The Hall–Kier alpha value is -2.74. The molecule has 3 aromatic rings. The van der Waals surface area contributed by atoms with Crippen molar-refractivity contribution in [3.63, 3.8) is 0 Å². The largest absolute Gasteiger partial charge is 0.368 e. The van der Waals surface area contributed by atoms with Gasteiger partial charge in [0.05, 0.1) is 0 Å². The van der Waals surface area contributed by atoms with E-state index in [-0.39, 0.29) is 11.6 Å². The van der Waals surface area contributed by atoms with Gasteiger partial charge in [-0.2, -0.15) is 0 Å². The number of nitrogens with one attached hydrogen (secondary N) is 1. The van der Waals surface area contributed by atoms with Gasteiger partial charge in [0, 0.05) is 23.2 Å². The van der Waals surface area contributed by atoms with E-state index in [2.05, 4.69) is 15.4 Å². The van der Waals surface area contributed by atoms with Gasteiger partial charge < -0.3 is 15.4 Å². The molecule has 0 atom stereocenters. The van der Waals surface area contributed by atoms with Crippen LogP contribution in [0.25, 0.3) is 5.65 Å². The highest BCUT2D eigenvalue weighted by molar-refractivity contribution is 6.31. The minimum atomic E-state index is -0.560. The molecule has 2 heterocycles. The van der Waals surface area contributed by atoms with Crippen molar-refractivity contribution < 1.29 is 9.31 Å². The maximum absolute atomic E-state index is 13.7. The predicted octanol–water partition coefficient (Wildman–Crippen LogP) is 3.08. The number of rotatable bonds is 5. The highest BCUT2D eigenvalue weighted by atomic mass is 35.5. The molecule has 1 N–H and O–H groups in total. The van der Waals surface area contributed by atoms with Gasteiger partial charge in [-0.3, -0.25) is 0 Å². The quantitative estimate of drug-likeness (QED) is 0.572. The smallest absolute Gasteiger partial charge is 0.367 e. The Labute approximate surface area is 134 Å². The fourth-order valence-corrected chi connectivity index (χ4v) is 2.42. The van der Waals surface area contributed by atoms with Crippen LogP contribution in [0.15, 0.2) is 36.5 Å². The number of aromatic nitrogens is 3. The summed E-state index contributed by atoms with van der Waals surface area (Å²) in [6.07, 6.45) is 1.50. The third-order valence-electron chi connectivity index (χ3n) is 3.27. The van der Waals surface area contributed by atoms with Gasteiger partial charge in [-0.05, 0) is 29.5 Å². The summed E-state index contributed by atoms with van der Waals surface area (Å²) in [5, 5.41) is 18.3. The molecule has 2 aromatic heterocycles. The monoisotopic (exact) mass is 335 g/mol. The van der Waals surface area contributed by atoms with E-state index < -0.39 is 4.92 Å². The van der Waals surface area contributed by atoms with Gasteiger partial charge in [0.1, 0.15) is 12.0 Å². The molecular weight excluding hydrogens is 325 g/mol. The van der Waals surface area contributed by atoms with Gasteiger partial charge in [-0.15, -0.1) is 0 Å². The van der Waals surface area contributed by atoms with Crippen LogP contribution in [0.5, 0.6) is 0 Å². The van der Waals surface area contributed by atoms with Crippen LogP contribution in [0, 0.1) is 15.9 Å². The molecule has 0 saturated carbocycles. The Morgan fingerprint density at radius 2 is 2.17 bits per heavy atom. The molecule has 0 fully saturated rings. The zero-order chi connectivity index (χ0) is 16.4. The number of anilines is 1. The predicted molar refractivity (Wildman–Crippen MR) is 83.2 cm³/mol. The summed E-state index contributed by atoms with van der Waals surface area (Å²) >= 11 is 5.96. The number of nitro groups is 1. The van der Waals surface area contributed by atoms with E-state index in [1.807, 2.05) is 0 Å². The lowest BCUT2D eigenvalue weighted by atomic mass is 10.1. The van der Waals surface area contributed by atoms with Crippen LogP contribution >= 0.6 is 11.6 Å². The number of fused-ring (bicyclic) bond motifs is 1. The van der Waals surface area contributed by atoms with Crippen LogP contribution in [-0.4, -0.2) is 26.1 Å². The fraction of sp³-hybridized carbons (Fsp3) is 0.143. The summed E-state index contributed by atoms with van der Waals surface area (Å²) in [5.41, 5.74) is 0.788. The second kappa shape index (κ2) is 6.17. The normalized spacial score (nSPS) is 10.9. The van der Waals surface area contributed by atoms with E-state index in [0.717, 1.165) is 10.7 Å². The maximum Gasteiger partial charge on any atom is 0.368 e. The molecule has 0 spiro atoms. The summed E-state index contributed by atoms with van der Waals surface area (Å²) in [6.45, 7) is 0.377. The molecule has 3 rings (SSSR count). The van der Waals surface area contributed by atoms with Gasteiger partial charge in [-0.25, -0.2) is 9.37 Å². The topological polar surface area (TPSA) is 85.4 Å². The molecule has 0 radical (unpaired) electrons. The Bertz CT molecular complexity index is 862. The maximum atomic E-state index is 13.7. The first-order valence-corrected chi connectivity index (χ1v) is 7.10. The van der Waals surface area contributed by atoms with Gasteiger partial charge >= 0.3 is 5.82 Å². The first kappa shape index (κ1) is 15.2. The number of nitrogens with zero attached hydrogens (tertiary/aromatic N) is 4. The van der Waals surface area contributed by atoms with E-state index in [1.54, 1.807) is 24.3 Å². The second-order valence-electron chi connectivity index (χ2n) is 4.74. The van der Waals surface area contributed by atoms with Crippen molar-refractivity contribution >= 4 is 28.9 Å². The van der Waals surface area contributed by atoms with Crippen LogP contribution in [-0.2, 0) is 6.42 Å². The highest BCUT2D eigenvalue weighted by Gasteiger charge is 2.16. The Balaban J connectivity index is 1.74. The van der Waals surface area contributed by atoms with Crippen molar-refractivity contribution in [2.45, 2.75) is 6.42 Å². The molecule has 0 amide bonds. The number of hydrogen-bond acceptors (Lipinski definition) is 5. The summed E-state index contributed by atoms with van der Waals surface area (Å²) < 4.78 is 14.8. The van der Waals surface area contributed by atoms with Crippen molar-refractivity contribution in [3.8, 4) is 0 Å². The summed E-state index contributed by atoms with van der Waals surface area (Å²) in [5.74, 6) is -0.167. The molecule has 0 aliphatic rings.